The Morgan fingerprint density at radius 2 is 2.37 bits per heavy atom. The Kier molecular flexibility index (Phi) is 4.62. The number of amides is 1. The van der Waals surface area contributed by atoms with E-state index in [1.54, 1.807) is 4.90 Å². The molecule has 0 bridgehead atoms. The molecule has 0 spiro atoms. The molecule has 0 aliphatic heterocycles. The maximum Gasteiger partial charge on any atom is 0.254 e. The zero-order valence-electron chi connectivity index (χ0n) is 11.3. The van der Waals surface area contributed by atoms with Crippen LogP contribution in [0.3, 0.4) is 0 Å². The molecular formula is C15H19NO2S. The van der Waals surface area contributed by atoms with Gasteiger partial charge in [-0.25, -0.2) is 0 Å². The van der Waals surface area contributed by atoms with Gasteiger partial charge in [-0.2, -0.15) is 0 Å². The molecule has 4 heteroatoms. The Morgan fingerprint density at radius 3 is 3.00 bits per heavy atom. The first-order valence-corrected chi connectivity index (χ1v) is 7.43. The summed E-state index contributed by atoms with van der Waals surface area (Å²) in [5, 5.41) is 10.5. The van der Waals surface area contributed by atoms with Crippen molar-refractivity contribution >= 4 is 17.2 Å². The summed E-state index contributed by atoms with van der Waals surface area (Å²) >= 11 is 1.48. The average Bonchev–Trinajstić information content (AvgIpc) is 2.91. The number of nitrogens with zero attached hydrogens (tertiary/aromatic N) is 1. The van der Waals surface area contributed by atoms with E-state index in [0.717, 1.165) is 17.3 Å². The lowest BCUT2D eigenvalue weighted by molar-refractivity contribution is 0.0787. The molecule has 1 N–H and O–H groups in total. The molecule has 0 aromatic carbocycles. The van der Waals surface area contributed by atoms with Crippen molar-refractivity contribution in [2.45, 2.75) is 19.8 Å². The summed E-state index contributed by atoms with van der Waals surface area (Å²) in [6, 6.07) is 1.84. The Bertz CT molecular complexity index is 512. The van der Waals surface area contributed by atoms with Gasteiger partial charge in [-0.05, 0) is 24.3 Å². The van der Waals surface area contributed by atoms with Crippen LogP contribution in [0.5, 0.6) is 0 Å². The van der Waals surface area contributed by atoms with Crippen molar-refractivity contribution in [2.75, 3.05) is 20.2 Å². The van der Waals surface area contributed by atoms with Crippen LogP contribution in [0.25, 0.3) is 0 Å². The molecule has 102 valence electrons. The maximum absolute atomic E-state index is 12.2. The van der Waals surface area contributed by atoms with Gasteiger partial charge in [0.15, 0.2) is 0 Å². The molecule has 1 amide bonds. The molecule has 19 heavy (non-hydrogen) atoms. The minimum absolute atomic E-state index is 0.0746. The number of carbonyl (C=O) groups excluding carboxylic acids is 1. The number of rotatable bonds is 4. The molecule has 3 nitrogen and oxygen atoms in total. The number of hydrogen-bond acceptors (Lipinski definition) is 3. The summed E-state index contributed by atoms with van der Waals surface area (Å²) in [7, 11) is 1.86. The molecule has 2 atom stereocenters. The number of aliphatic hydroxyl groups excluding tert-OH is 1. The van der Waals surface area contributed by atoms with Crippen molar-refractivity contribution in [3.63, 3.8) is 0 Å². The largest absolute Gasteiger partial charge is 0.395 e. The van der Waals surface area contributed by atoms with E-state index in [-0.39, 0.29) is 12.5 Å². The van der Waals surface area contributed by atoms with Crippen LogP contribution in [0, 0.1) is 23.7 Å². The highest BCUT2D eigenvalue weighted by molar-refractivity contribution is 7.10. The molecule has 1 aliphatic rings. The first kappa shape index (κ1) is 14.1. The lowest BCUT2D eigenvalue weighted by atomic mass is 10.2. The topological polar surface area (TPSA) is 40.5 Å². The van der Waals surface area contributed by atoms with E-state index in [9.17, 15) is 4.79 Å². The number of thiophene rings is 1. The van der Waals surface area contributed by atoms with Crippen LogP contribution in [0.4, 0.5) is 0 Å². The minimum atomic E-state index is 0.0746. The SMILES string of the molecule is CC1CC1CN(C)C(=O)c1csc(C#CCCO)c1. The van der Waals surface area contributed by atoms with E-state index in [1.165, 1.54) is 17.8 Å². The Balaban J connectivity index is 1.94. The fourth-order valence-electron chi connectivity index (χ4n) is 2.03. The molecule has 1 saturated carbocycles. The van der Waals surface area contributed by atoms with E-state index in [1.807, 2.05) is 18.5 Å². The molecule has 1 heterocycles. The number of hydrogen-bond donors (Lipinski definition) is 1. The van der Waals surface area contributed by atoms with Crippen molar-refractivity contribution in [2.24, 2.45) is 11.8 Å². The summed E-state index contributed by atoms with van der Waals surface area (Å²) in [5.74, 6) is 7.34. The Hall–Kier alpha value is -1.31. The number of carbonyl (C=O) groups is 1. The van der Waals surface area contributed by atoms with Gasteiger partial charge in [0.1, 0.15) is 0 Å². The average molecular weight is 277 g/mol. The molecule has 1 aromatic heterocycles. The van der Waals surface area contributed by atoms with Gasteiger partial charge in [0.05, 0.1) is 17.0 Å². The molecule has 1 aromatic rings. The van der Waals surface area contributed by atoms with Crippen molar-refractivity contribution in [3.05, 3.63) is 21.9 Å². The van der Waals surface area contributed by atoms with E-state index < -0.39 is 0 Å². The van der Waals surface area contributed by atoms with Crippen LogP contribution >= 0.6 is 11.3 Å². The van der Waals surface area contributed by atoms with Crippen LogP contribution in [0.15, 0.2) is 11.4 Å². The van der Waals surface area contributed by atoms with E-state index in [0.29, 0.717) is 17.9 Å². The monoisotopic (exact) mass is 277 g/mol. The van der Waals surface area contributed by atoms with Gasteiger partial charge < -0.3 is 10.0 Å². The summed E-state index contributed by atoms with van der Waals surface area (Å²) < 4.78 is 0. The molecule has 1 fully saturated rings. The smallest absolute Gasteiger partial charge is 0.254 e. The van der Waals surface area contributed by atoms with Crippen molar-refractivity contribution in [3.8, 4) is 11.8 Å². The zero-order valence-corrected chi connectivity index (χ0v) is 12.2. The summed E-state index contributed by atoms with van der Waals surface area (Å²) in [4.78, 5) is 14.9. The molecule has 1 aliphatic carbocycles. The van der Waals surface area contributed by atoms with E-state index in [4.69, 9.17) is 5.11 Å². The normalized spacial score (nSPS) is 20.6. The molecule has 2 unspecified atom stereocenters. The van der Waals surface area contributed by atoms with Crippen LogP contribution in [-0.4, -0.2) is 36.1 Å². The van der Waals surface area contributed by atoms with Crippen molar-refractivity contribution < 1.29 is 9.90 Å². The lowest BCUT2D eigenvalue weighted by Crippen LogP contribution is -2.28. The fraction of sp³-hybridized carbons (Fsp3) is 0.533. The summed E-state index contributed by atoms with van der Waals surface area (Å²) in [6.45, 7) is 3.15. The minimum Gasteiger partial charge on any atom is -0.395 e. The predicted molar refractivity (Wildman–Crippen MR) is 77.1 cm³/mol. The van der Waals surface area contributed by atoms with Crippen molar-refractivity contribution in [1.29, 1.82) is 0 Å². The highest BCUT2D eigenvalue weighted by atomic mass is 32.1. The third kappa shape index (κ3) is 3.82. The van der Waals surface area contributed by atoms with Crippen LogP contribution < -0.4 is 0 Å². The Labute approximate surface area is 118 Å². The lowest BCUT2D eigenvalue weighted by Gasteiger charge is -2.15. The third-order valence-corrected chi connectivity index (χ3v) is 4.27. The van der Waals surface area contributed by atoms with Gasteiger partial charge in [-0.3, -0.25) is 4.79 Å². The fourth-order valence-corrected chi connectivity index (χ4v) is 2.78. The van der Waals surface area contributed by atoms with Gasteiger partial charge in [0, 0.05) is 25.4 Å². The second-order valence-electron chi connectivity index (χ2n) is 5.13. The van der Waals surface area contributed by atoms with Crippen molar-refractivity contribution in [1.82, 2.24) is 4.90 Å². The summed E-state index contributed by atoms with van der Waals surface area (Å²) in [6.07, 6.45) is 1.71. The van der Waals surface area contributed by atoms with E-state index in [2.05, 4.69) is 18.8 Å². The second kappa shape index (κ2) is 6.23. The van der Waals surface area contributed by atoms with Crippen LogP contribution in [0.2, 0.25) is 0 Å². The standard InChI is InChI=1S/C15H19NO2S/c1-11-7-12(11)9-16(2)15(18)13-8-14(19-10-13)5-3-4-6-17/h8,10-12,17H,4,6-7,9H2,1-2H3. The quantitative estimate of drug-likeness (QED) is 0.857. The third-order valence-electron chi connectivity index (χ3n) is 3.43. The van der Waals surface area contributed by atoms with E-state index >= 15 is 0 Å². The van der Waals surface area contributed by atoms with Gasteiger partial charge in [-0.1, -0.05) is 18.8 Å². The highest BCUT2D eigenvalue weighted by Gasteiger charge is 2.34. The number of aliphatic hydroxyl groups is 1. The second-order valence-corrected chi connectivity index (χ2v) is 6.04. The molecule has 0 radical (unpaired) electrons. The molecular weight excluding hydrogens is 258 g/mol. The first-order valence-electron chi connectivity index (χ1n) is 6.55. The van der Waals surface area contributed by atoms with Gasteiger partial charge in [-0.15, -0.1) is 11.3 Å². The Morgan fingerprint density at radius 1 is 1.63 bits per heavy atom. The molecule has 0 saturated heterocycles. The maximum atomic E-state index is 12.2. The van der Waals surface area contributed by atoms with Gasteiger partial charge >= 0.3 is 0 Å². The van der Waals surface area contributed by atoms with Crippen LogP contribution in [0.1, 0.15) is 35.0 Å². The van der Waals surface area contributed by atoms with Gasteiger partial charge in [0.25, 0.3) is 5.91 Å². The predicted octanol–water partition coefficient (Wildman–Crippen LogP) is 2.21. The highest BCUT2D eigenvalue weighted by Crippen LogP contribution is 2.38. The first-order chi connectivity index (χ1) is 9.11. The van der Waals surface area contributed by atoms with Crippen LogP contribution in [-0.2, 0) is 0 Å². The zero-order chi connectivity index (χ0) is 13.8. The molecule has 2 rings (SSSR count). The van der Waals surface area contributed by atoms with Gasteiger partial charge in [0.2, 0.25) is 0 Å². The summed E-state index contributed by atoms with van der Waals surface area (Å²) in [5.41, 5.74) is 0.717.